The number of carbonyl (C=O) groups excluding carboxylic acids is 1. The molecule has 1 aromatic heterocycles. The van der Waals surface area contributed by atoms with Gasteiger partial charge in [0.05, 0.1) is 24.3 Å². The molecule has 1 saturated heterocycles. The topological polar surface area (TPSA) is 91.8 Å². The fourth-order valence-electron chi connectivity index (χ4n) is 4.49. The van der Waals surface area contributed by atoms with Crippen LogP contribution >= 0.6 is 27.5 Å². The van der Waals surface area contributed by atoms with Crippen LogP contribution in [-0.4, -0.2) is 54.8 Å². The van der Waals surface area contributed by atoms with Crippen molar-refractivity contribution >= 4 is 56.1 Å². The van der Waals surface area contributed by atoms with Gasteiger partial charge in [-0.3, -0.25) is 9.59 Å². The lowest BCUT2D eigenvalue weighted by Crippen LogP contribution is -2.38. The lowest BCUT2D eigenvalue weighted by Gasteiger charge is -2.30. The van der Waals surface area contributed by atoms with E-state index in [2.05, 4.69) is 26.1 Å². The van der Waals surface area contributed by atoms with Crippen molar-refractivity contribution in [3.05, 3.63) is 68.4 Å². The first-order valence-electron chi connectivity index (χ1n) is 11.6. The Morgan fingerprint density at radius 2 is 2.00 bits per heavy atom. The lowest BCUT2D eigenvalue weighted by atomic mass is 9.93. The molecular formula is C26H26BrClFN3O4. The van der Waals surface area contributed by atoms with Gasteiger partial charge in [-0.15, -0.1) is 0 Å². The van der Waals surface area contributed by atoms with Gasteiger partial charge < -0.3 is 20.1 Å². The van der Waals surface area contributed by atoms with Crippen molar-refractivity contribution < 1.29 is 23.8 Å². The summed E-state index contributed by atoms with van der Waals surface area (Å²) < 4.78 is 20.3. The molecule has 36 heavy (non-hydrogen) atoms. The monoisotopic (exact) mass is 577 g/mol. The molecule has 1 unspecified atom stereocenters. The fourth-order valence-corrected chi connectivity index (χ4v) is 5.12. The van der Waals surface area contributed by atoms with E-state index in [4.69, 9.17) is 21.3 Å². The number of nitrogens with zero attached hydrogens (tertiary/aromatic N) is 2. The van der Waals surface area contributed by atoms with Crippen molar-refractivity contribution in [3.63, 3.8) is 0 Å². The number of carbonyl (C=O) groups is 2. The Morgan fingerprint density at radius 3 is 2.72 bits per heavy atom. The summed E-state index contributed by atoms with van der Waals surface area (Å²) in [6.45, 7) is 4.48. The van der Waals surface area contributed by atoms with E-state index in [1.54, 1.807) is 0 Å². The second-order valence-electron chi connectivity index (χ2n) is 8.70. The van der Waals surface area contributed by atoms with Crippen molar-refractivity contribution in [3.8, 4) is 0 Å². The van der Waals surface area contributed by atoms with Gasteiger partial charge in [-0.1, -0.05) is 27.5 Å². The first kappa shape index (κ1) is 26.3. The van der Waals surface area contributed by atoms with Crippen LogP contribution in [0.3, 0.4) is 0 Å². The van der Waals surface area contributed by atoms with Crippen LogP contribution in [0, 0.1) is 12.7 Å². The number of pyridine rings is 1. The number of nitrogens with one attached hydrogen (secondary N) is 1. The number of amides is 1. The van der Waals surface area contributed by atoms with E-state index >= 15 is 0 Å². The number of benzene rings is 2. The number of hydrogen-bond donors (Lipinski definition) is 2. The van der Waals surface area contributed by atoms with E-state index in [9.17, 15) is 19.1 Å². The molecule has 190 valence electrons. The Hall–Kier alpha value is -2.75. The molecule has 0 aliphatic carbocycles. The molecule has 1 amide bonds. The minimum Gasteiger partial charge on any atom is -0.481 e. The molecule has 2 aromatic carbocycles. The molecule has 1 aliphatic heterocycles. The standard InChI is InChI=1S/C26H26BrClFN3O4/c1-15-24(20-12-17(27)3-6-22(20)31-25(15)32-8-10-36-11-9-32)26(35)30-14-16(2-7-23(33)34)19-13-18(29)4-5-21(19)28/h3-6,12-13,16H,2,7-11,14H2,1H3,(H,30,35)(H,33,34). The summed E-state index contributed by atoms with van der Waals surface area (Å²) >= 11 is 9.79. The fraction of sp³-hybridized carbons (Fsp3) is 0.346. The Bertz CT molecular complexity index is 1300. The Balaban J connectivity index is 1.68. The van der Waals surface area contributed by atoms with E-state index in [1.165, 1.54) is 18.2 Å². The molecule has 0 spiro atoms. The summed E-state index contributed by atoms with van der Waals surface area (Å²) in [5.74, 6) is -1.52. The minimum absolute atomic E-state index is 0.0967. The van der Waals surface area contributed by atoms with Crippen LogP contribution in [0.15, 0.2) is 40.9 Å². The van der Waals surface area contributed by atoms with Crippen molar-refractivity contribution in [1.82, 2.24) is 10.3 Å². The molecule has 4 rings (SSSR count). The largest absolute Gasteiger partial charge is 0.481 e. The number of aliphatic carboxylic acids is 1. The van der Waals surface area contributed by atoms with Crippen molar-refractivity contribution in [2.45, 2.75) is 25.7 Å². The van der Waals surface area contributed by atoms with Gasteiger partial charge >= 0.3 is 5.97 Å². The highest BCUT2D eigenvalue weighted by atomic mass is 79.9. The predicted octanol–water partition coefficient (Wildman–Crippen LogP) is 5.31. The maximum Gasteiger partial charge on any atom is 0.303 e. The normalized spacial score (nSPS) is 14.6. The van der Waals surface area contributed by atoms with Crippen LogP contribution in [0.5, 0.6) is 0 Å². The smallest absolute Gasteiger partial charge is 0.303 e. The molecule has 0 saturated carbocycles. The van der Waals surface area contributed by atoms with Crippen molar-refractivity contribution in [2.24, 2.45) is 0 Å². The predicted molar refractivity (Wildman–Crippen MR) is 141 cm³/mol. The Kier molecular flexibility index (Phi) is 8.43. The lowest BCUT2D eigenvalue weighted by molar-refractivity contribution is -0.137. The van der Waals surface area contributed by atoms with E-state index in [0.29, 0.717) is 53.4 Å². The van der Waals surface area contributed by atoms with Crippen LogP contribution < -0.4 is 10.2 Å². The first-order valence-corrected chi connectivity index (χ1v) is 12.8. The number of carboxylic acid groups (broad SMARTS) is 1. The zero-order valence-electron chi connectivity index (χ0n) is 19.7. The number of morpholine rings is 1. The minimum atomic E-state index is -0.977. The highest BCUT2D eigenvalue weighted by Gasteiger charge is 2.24. The molecular weight excluding hydrogens is 553 g/mol. The zero-order chi connectivity index (χ0) is 25.8. The first-order chi connectivity index (χ1) is 17.2. The van der Waals surface area contributed by atoms with Crippen LogP contribution in [0.4, 0.5) is 10.2 Å². The number of rotatable bonds is 8. The van der Waals surface area contributed by atoms with Gasteiger partial charge in [-0.25, -0.2) is 9.37 Å². The number of carboxylic acids is 1. The van der Waals surface area contributed by atoms with E-state index in [1.807, 2.05) is 25.1 Å². The van der Waals surface area contributed by atoms with Gasteiger partial charge in [-0.05, 0) is 55.3 Å². The maximum absolute atomic E-state index is 14.0. The molecule has 0 bridgehead atoms. The summed E-state index contributed by atoms with van der Waals surface area (Å²) in [7, 11) is 0. The highest BCUT2D eigenvalue weighted by molar-refractivity contribution is 9.10. The molecule has 1 aliphatic rings. The SMILES string of the molecule is Cc1c(N2CCOCC2)nc2ccc(Br)cc2c1C(=O)NCC(CCC(=O)O)c1cc(F)ccc1Cl. The van der Waals surface area contributed by atoms with Crippen molar-refractivity contribution in [1.29, 1.82) is 0 Å². The maximum atomic E-state index is 14.0. The summed E-state index contributed by atoms with van der Waals surface area (Å²) in [6, 6.07) is 9.58. The van der Waals surface area contributed by atoms with Crippen LogP contribution in [0.2, 0.25) is 5.02 Å². The van der Waals surface area contributed by atoms with Gasteiger partial charge in [0.25, 0.3) is 5.91 Å². The van der Waals surface area contributed by atoms with Crippen molar-refractivity contribution in [2.75, 3.05) is 37.7 Å². The number of aromatic nitrogens is 1. The van der Waals surface area contributed by atoms with Gasteiger partial charge in [0, 0.05) is 52.4 Å². The van der Waals surface area contributed by atoms with E-state index in [-0.39, 0.29) is 25.3 Å². The van der Waals surface area contributed by atoms with Crippen LogP contribution in [0.1, 0.15) is 40.2 Å². The third-order valence-electron chi connectivity index (χ3n) is 6.32. The quantitative estimate of drug-likeness (QED) is 0.376. The third-order valence-corrected chi connectivity index (χ3v) is 7.15. The Morgan fingerprint density at radius 1 is 1.25 bits per heavy atom. The number of ether oxygens (including phenoxy) is 1. The zero-order valence-corrected chi connectivity index (χ0v) is 22.0. The van der Waals surface area contributed by atoms with Gasteiger partial charge in [-0.2, -0.15) is 0 Å². The van der Waals surface area contributed by atoms with Crippen LogP contribution in [0.25, 0.3) is 10.9 Å². The molecule has 1 atom stereocenters. The summed E-state index contributed by atoms with van der Waals surface area (Å²) in [5.41, 5.74) is 2.38. The Labute approximate surface area is 221 Å². The average molecular weight is 579 g/mol. The number of fused-ring (bicyclic) bond motifs is 1. The molecule has 2 heterocycles. The van der Waals surface area contributed by atoms with Gasteiger partial charge in [0.15, 0.2) is 0 Å². The van der Waals surface area contributed by atoms with E-state index < -0.39 is 17.7 Å². The molecule has 1 fully saturated rings. The molecule has 3 aromatic rings. The van der Waals surface area contributed by atoms with Crippen LogP contribution in [-0.2, 0) is 9.53 Å². The molecule has 7 nitrogen and oxygen atoms in total. The number of halogens is 3. The number of anilines is 1. The number of hydrogen-bond acceptors (Lipinski definition) is 5. The summed E-state index contributed by atoms with van der Waals surface area (Å²) in [5, 5.41) is 13.2. The second-order valence-corrected chi connectivity index (χ2v) is 10.0. The second kappa shape index (κ2) is 11.5. The summed E-state index contributed by atoms with van der Waals surface area (Å²) in [6.07, 6.45) is 0.0537. The van der Waals surface area contributed by atoms with E-state index in [0.717, 1.165) is 15.9 Å². The molecule has 2 N–H and O–H groups in total. The highest BCUT2D eigenvalue weighted by Crippen LogP contribution is 2.32. The summed E-state index contributed by atoms with van der Waals surface area (Å²) in [4.78, 5) is 31.8. The van der Waals surface area contributed by atoms with Gasteiger partial charge in [0.2, 0.25) is 0 Å². The molecule has 0 radical (unpaired) electrons. The molecule has 10 heteroatoms. The third kappa shape index (κ3) is 5.96. The average Bonchev–Trinajstić information content (AvgIpc) is 2.85. The van der Waals surface area contributed by atoms with Gasteiger partial charge in [0.1, 0.15) is 11.6 Å².